The Morgan fingerprint density at radius 3 is 2.72 bits per heavy atom. The van der Waals surface area contributed by atoms with Gasteiger partial charge in [0, 0.05) is 25.7 Å². The number of aryl methyl sites for hydroxylation is 1. The van der Waals surface area contributed by atoms with Crippen LogP contribution in [0.15, 0.2) is 12.4 Å². The molecule has 1 heterocycles. The first kappa shape index (κ1) is 14.1. The molecule has 0 bridgehead atoms. The van der Waals surface area contributed by atoms with Crippen molar-refractivity contribution < 1.29 is 14.3 Å². The fourth-order valence-corrected chi connectivity index (χ4v) is 1.51. The third kappa shape index (κ3) is 4.52. The lowest BCUT2D eigenvalue weighted by molar-refractivity contribution is -0.141. The maximum atomic E-state index is 11.9. The zero-order valence-corrected chi connectivity index (χ0v) is 10.7. The number of hydrogen-bond acceptors (Lipinski definition) is 5. The molecule has 0 aliphatic rings. The van der Waals surface area contributed by atoms with Crippen molar-refractivity contribution in [2.24, 2.45) is 0 Å². The summed E-state index contributed by atoms with van der Waals surface area (Å²) in [6.45, 7) is 3.34. The molecule has 18 heavy (non-hydrogen) atoms. The van der Waals surface area contributed by atoms with Gasteiger partial charge in [0.15, 0.2) is 0 Å². The Labute approximate surface area is 106 Å². The number of amides is 1. The molecular formula is C11H18N4O3. The van der Waals surface area contributed by atoms with Crippen molar-refractivity contribution >= 4 is 11.9 Å². The highest BCUT2D eigenvalue weighted by atomic mass is 16.5. The van der Waals surface area contributed by atoms with Crippen molar-refractivity contribution in [3.05, 3.63) is 12.4 Å². The summed E-state index contributed by atoms with van der Waals surface area (Å²) in [5, 5.41) is 7.45. The second kappa shape index (κ2) is 7.41. The third-order valence-electron chi connectivity index (χ3n) is 2.57. The van der Waals surface area contributed by atoms with E-state index in [2.05, 4.69) is 15.0 Å². The summed E-state index contributed by atoms with van der Waals surface area (Å²) < 4.78 is 6.15. The Morgan fingerprint density at radius 1 is 1.39 bits per heavy atom. The van der Waals surface area contributed by atoms with Crippen LogP contribution in [0.1, 0.15) is 19.8 Å². The summed E-state index contributed by atoms with van der Waals surface area (Å²) in [6, 6.07) is 0. The van der Waals surface area contributed by atoms with Crippen LogP contribution in [-0.4, -0.2) is 52.0 Å². The molecule has 1 aromatic heterocycles. The van der Waals surface area contributed by atoms with E-state index in [4.69, 9.17) is 0 Å². The molecule has 0 radical (unpaired) electrons. The highest BCUT2D eigenvalue weighted by Gasteiger charge is 2.13. The Hall–Kier alpha value is -1.92. The van der Waals surface area contributed by atoms with Gasteiger partial charge in [0.2, 0.25) is 5.91 Å². The van der Waals surface area contributed by atoms with E-state index in [-0.39, 0.29) is 18.3 Å². The van der Waals surface area contributed by atoms with Crippen LogP contribution in [0.2, 0.25) is 0 Å². The highest BCUT2D eigenvalue weighted by molar-refractivity contribution is 5.77. The zero-order valence-electron chi connectivity index (χ0n) is 10.7. The fraction of sp³-hybridized carbons (Fsp3) is 0.636. The molecule has 0 atom stereocenters. The SMILES string of the molecule is CCN(CCC(=O)OC)C(=O)CCn1ccnn1. The Morgan fingerprint density at radius 2 is 2.17 bits per heavy atom. The van der Waals surface area contributed by atoms with Gasteiger partial charge in [-0.2, -0.15) is 0 Å². The Balaban J connectivity index is 2.34. The largest absolute Gasteiger partial charge is 0.469 e. The minimum atomic E-state index is -0.308. The molecule has 0 saturated heterocycles. The van der Waals surface area contributed by atoms with Crippen LogP contribution in [0.25, 0.3) is 0 Å². The first-order valence-corrected chi connectivity index (χ1v) is 5.86. The molecule has 1 rings (SSSR count). The number of methoxy groups -OCH3 is 1. The maximum absolute atomic E-state index is 11.9. The third-order valence-corrected chi connectivity index (χ3v) is 2.57. The highest BCUT2D eigenvalue weighted by Crippen LogP contribution is 1.99. The average Bonchev–Trinajstić information content (AvgIpc) is 2.89. The van der Waals surface area contributed by atoms with Gasteiger partial charge in [-0.15, -0.1) is 5.10 Å². The minimum absolute atomic E-state index is 0.00287. The fourth-order valence-electron chi connectivity index (χ4n) is 1.51. The minimum Gasteiger partial charge on any atom is -0.469 e. The first-order valence-electron chi connectivity index (χ1n) is 5.86. The summed E-state index contributed by atoms with van der Waals surface area (Å²) in [5.41, 5.74) is 0. The second-order valence-electron chi connectivity index (χ2n) is 3.72. The normalized spacial score (nSPS) is 10.1. The maximum Gasteiger partial charge on any atom is 0.307 e. The quantitative estimate of drug-likeness (QED) is 0.644. The summed E-state index contributed by atoms with van der Waals surface area (Å²) in [6.07, 6.45) is 3.84. The van der Waals surface area contributed by atoms with Gasteiger partial charge >= 0.3 is 5.97 Å². The van der Waals surface area contributed by atoms with Gasteiger partial charge < -0.3 is 9.64 Å². The van der Waals surface area contributed by atoms with Crippen LogP contribution >= 0.6 is 0 Å². The van der Waals surface area contributed by atoms with Gasteiger partial charge in [-0.25, -0.2) is 0 Å². The van der Waals surface area contributed by atoms with Gasteiger partial charge in [0.1, 0.15) is 0 Å². The molecule has 0 aliphatic heterocycles. The number of ether oxygens (including phenoxy) is 1. The standard InChI is InChI=1S/C11H18N4O3/c1-3-14(7-5-11(17)18-2)10(16)4-8-15-9-6-12-13-15/h6,9H,3-5,7-8H2,1-2H3. The van der Waals surface area contributed by atoms with Crippen molar-refractivity contribution in [2.75, 3.05) is 20.2 Å². The number of esters is 1. The van der Waals surface area contributed by atoms with E-state index in [1.54, 1.807) is 22.0 Å². The van der Waals surface area contributed by atoms with Gasteiger partial charge in [0.25, 0.3) is 0 Å². The molecular weight excluding hydrogens is 236 g/mol. The van der Waals surface area contributed by atoms with E-state index in [0.717, 1.165) is 0 Å². The monoisotopic (exact) mass is 254 g/mol. The van der Waals surface area contributed by atoms with Crippen molar-refractivity contribution in [1.29, 1.82) is 0 Å². The summed E-state index contributed by atoms with van der Waals surface area (Å²) >= 11 is 0. The molecule has 0 aliphatic carbocycles. The molecule has 7 heteroatoms. The van der Waals surface area contributed by atoms with Crippen LogP contribution < -0.4 is 0 Å². The molecule has 1 aromatic rings. The Bertz CT molecular complexity index is 378. The van der Waals surface area contributed by atoms with E-state index < -0.39 is 0 Å². The lowest BCUT2D eigenvalue weighted by Crippen LogP contribution is -2.33. The molecule has 0 aromatic carbocycles. The van der Waals surface area contributed by atoms with Crippen molar-refractivity contribution in [1.82, 2.24) is 19.9 Å². The number of hydrogen-bond donors (Lipinski definition) is 0. The lowest BCUT2D eigenvalue weighted by atomic mass is 10.3. The number of nitrogens with zero attached hydrogens (tertiary/aromatic N) is 4. The van der Waals surface area contributed by atoms with Crippen LogP contribution in [0, 0.1) is 0 Å². The number of aromatic nitrogens is 3. The van der Waals surface area contributed by atoms with Crippen molar-refractivity contribution in [3.63, 3.8) is 0 Å². The van der Waals surface area contributed by atoms with E-state index >= 15 is 0 Å². The topological polar surface area (TPSA) is 77.3 Å². The van der Waals surface area contributed by atoms with E-state index in [9.17, 15) is 9.59 Å². The van der Waals surface area contributed by atoms with Gasteiger partial charge in [-0.1, -0.05) is 5.21 Å². The molecule has 0 fully saturated rings. The smallest absolute Gasteiger partial charge is 0.307 e. The number of carbonyl (C=O) groups is 2. The van der Waals surface area contributed by atoms with E-state index in [1.165, 1.54) is 7.11 Å². The molecule has 0 spiro atoms. The predicted molar refractivity (Wildman–Crippen MR) is 63.5 cm³/mol. The Kier molecular flexibility index (Phi) is 5.83. The molecule has 1 amide bonds. The number of carbonyl (C=O) groups excluding carboxylic acids is 2. The van der Waals surface area contributed by atoms with Gasteiger partial charge in [-0.05, 0) is 6.92 Å². The van der Waals surface area contributed by atoms with E-state index in [0.29, 0.717) is 26.1 Å². The van der Waals surface area contributed by atoms with Crippen LogP contribution in [0.5, 0.6) is 0 Å². The van der Waals surface area contributed by atoms with E-state index in [1.807, 2.05) is 6.92 Å². The molecule has 0 N–H and O–H groups in total. The molecule has 100 valence electrons. The summed E-state index contributed by atoms with van der Waals surface area (Å²) in [5.74, 6) is -0.311. The van der Waals surface area contributed by atoms with Crippen molar-refractivity contribution in [2.45, 2.75) is 26.3 Å². The zero-order chi connectivity index (χ0) is 13.4. The second-order valence-corrected chi connectivity index (χ2v) is 3.72. The first-order chi connectivity index (χ1) is 8.67. The number of rotatable bonds is 7. The molecule has 7 nitrogen and oxygen atoms in total. The van der Waals surface area contributed by atoms with Crippen LogP contribution in [0.3, 0.4) is 0 Å². The van der Waals surface area contributed by atoms with Gasteiger partial charge in [-0.3, -0.25) is 14.3 Å². The lowest BCUT2D eigenvalue weighted by Gasteiger charge is -2.20. The average molecular weight is 254 g/mol. The predicted octanol–water partition coefficient (Wildman–Crippen LogP) is 0.0798. The molecule has 0 unspecified atom stereocenters. The van der Waals surface area contributed by atoms with Crippen LogP contribution in [0.4, 0.5) is 0 Å². The molecule has 0 saturated carbocycles. The summed E-state index contributed by atoms with van der Waals surface area (Å²) in [7, 11) is 1.34. The van der Waals surface area contributed by atoms with Crippen LogP contribution in [-0.2, 0) is 20.9 Å². The summed E-state index contributed by atoms with van der Waals surface area (Å²) in [4.78, 5) is 24.5. The van der Waals surface area contributed by atoms with Gasteiger partial charge in [0.05, 0.1) is 26.3 Å². The van der Waals surface area contributed by atoms with Crippen molar-refractivity contribution in [3.8, 4) is 0 Å².